The van der Waals surface area contributed by atoms with E-state index in [0.29, 0.717) is 6.04 Å². The van der Waals surface area contributed by atoms with Gasteiger partial charge in [-0.2, -0.15) is 5.10 Å². The number of aromatic nitrogens is 2. The smallest absolute Gasteiger partial charge is 0.0534 e. The summed E-state index contributed by atoms with van der Waals surface area (Å²) in [4.78, 5) is 0. The molecule has 0 radical (unpaired) electrons. The lowest BCUT2D eigenvalue weighted by Crippen LogP contribution is -2.34. The third-order valence-corrected chi connectivity index (χ3v) is 3.05. The van der Waals surface area contributed by atoms with Crippen molar-refractivity contribution in [3.63, 3.8) is 0 Å². The molecule has 0 saturated carbocycles. The van der Waals surface area contributed by atoms with Crippen LogP contribution in [-0.2, 0) is 6.54 Å². The van der Waals surface area contributed by atoms with E-state index in [4.69, 9.17) is 0 Å². The summed E-state index contributed by atoms with van der Waals surface area (Å²) in [5.74, 6) is 1.52. The maximum Gasteiger partial charge on any atom is 0.0534 e. The minimum absolute atomic E-state index is 0.640. The van der Waals surface area contributed by atoms with E-state index in [1.54, 1.807) is 0 Å². The van der Waals surface area contributed by atoms with E-state index in [-0.39, 0.29) is 0 Å². The standard InChI is InChI=1S/C15H29N3/c1-12(2)8-15(9-13(3)4)16-6-7-18-11-14(5)10-17-18/h10-13,15-16H,6-9H2,1-5H3. The average Bonchev–Trinajstić information content (AvgIpc) is 2.62. The summed E-state index contributed by atoms with van der Waals surface area (Å²) in [5, 5.41) is 7.99. The monoisotopic (exact) mass is 251 g/mol. The quantitative estimate of drug-likeness (QED) is 0.768. The zero-order chi connectivity index (χ0) is 13.5. The average molecular weight is 251 g/mol. The first-order valence-electron chi connectivity index (χ1n) is 7.19. The lowest BCUT2D eigenvalue weighted by atomic mass is 9.96. The molecular weight excluding hydrogens is 222 g/mol. The SMILES string of the molecule is Cc1cnn(CCNC(CC(C)C)CC(C)C)c1. The van der Waals surface area contributed by atoms with Gasteiger partial charge in [-0.15, -0.1) is 0 Å². The lowest BCUT2D eigenvalue weighted by Gasteiger charge is -2.22. The van der Waals surface area contributed by atoms with Gasteiger partial charge in [-0.25, -0.2) is 0 Å². The fraction of sp³-hybridized carbons (Fsp3) is 0.800. The second-order valence-electron chi connectivity index (χ2n) is 6.19. The molecule has 0 aliphatic carbocycles. The summed E-state index contributed by atoms with van der Waals surface area (Å²) < 4.78 is 2.02. The van der Waals surface area contributed by atoms with Crippen LogP contribution in [-0.4, -0.2) is 22.4 Å². The summed E-state index contributed by atoms with van der Waals surface area (Å²) in [6.45, 7) is 13.2. The number of hydrogen-bond acceptors (Lipinski definition) is 2. The molecule has 0 aliphatic heterocycles. The highest BCUT2D eigenvalue weighted by atomic mass is 15.3. The van der Waals surface area contributed by atoms with Gasteiger partial charge in [0.15, 0.2) is 0 Å². The molecule has 0 amide bonds. The predicted molar refractivity (Wildman–Crippen MR) is 77.7 cm³/mol. The van der Waals surface area contributed by atoms with Crippen LogP contribution in [0.5, 0.6) is 0 Å². The van der Waals surface area contributed by atoms with E-state index in [1.165, 1.54) is 18.4 Å². The van der Waals surface area contributed by atoms with Crippen LogP contribution in [0.2, 0.25) is 0 Å². The summed E-state index contributed by atoms with van der Waals surface area (Å²) in [7, 11) is 0. The van der Waals surface area contributed by atoms with E-state index in [9.17, 15) is 0 Å². The molecule has 0 atom stereocenters. The summed E-state index contributed by atoms with van der Waals surface area (Å²) in [6, 6.07) is 0.640. The molecule has 1 aromatic rings. The van der Waals surface area contributed by atoms with Crippen molar-refractivity contribution < 1.29 is 0 Å². The third-order valence-electron chi connectivity index (χ3n) is 3.05. The Balaban J connectivity index is 2.32. The molecule has 0 spiro atoms. The molecule has 3 heteroatoms. The van der Waals surface area contributed by atoms with E-state index < -0.39 is 0 Å². The van der Waals surface area contributed by atoms with Crippen LogP contribution in [0, 0.1) is 18.8 Å². The van der Waals surface area contributed by atoms with Crippen molar-refractivity contribution in [3.05, 3.63) is 18.0 Å². The van der Waals surface area contributed by atoms with E-state index in [0.717, 1.165) is 24.9 Å². The van der Waals surface area contributed by atoms with E-state index >= 15 is 0 Å². The molecule has 0 bridgehead atoms. The van der Waals surface area contributed by atoms with Gasteiger partial charge in [-0.1, -0.05) is 27.7 Å². The Morgan fingerprint density at radius 3 is 2.22 bits per heavy atom. The van der Waals surface area contributed by atoms with Crippen LogP contribution < -0.4 is 5.32 Å². The topological polar surface area (TPSA) is 29.9 Å². The van der Waals surface area contributed by atoms with Crippen molar-refractivity contribution in [1.82, 2.24) is 15.1 Å². The first-order chi connectivity index (χ1) is 8.47. The highest BCUT2D eigenvalue weighted by Gasteiger charge is 2.11. The van der Waals surface area contributed by atoms with E-state index in [1.807, 2.05) is 10.9 Å². The Bertz CT molecular complexity index is 318. The number of hydrogen-bond donors (Lipinski definition) is 1. The maximum absolute atomic E-state index is 4.31. The lowest BCUT2D eigenvalue weighted by molar-refractivity contribution is 0.352. The fourth-order valence-corrected chi connectivity index (χ4v) is 2.37. The van der Waals surface area contributed by atoms with Gasteiger partial charge < -0.3 is 5.32 Å². The van der Waals surface area contributed by atoms with Crippen LogP contribution in [0.25, 0.3) is 0 Å². The molecule has 3 nitrogen and oxygen atoms in total. The van der Waals surface area contributed by atoms with Crippen LogP contribution in [0.15, 0.2) is 12.4 Å². The van der Waals surface area contributed by atoms with Gasteiger partial charge in [0, 0.05) is 18.8 Å². The van der Waals surface area contributed by atoms with Gasteiger partial charge in [0.05, 0.1) is 12.7 Å². The molecule has 104 valence electrons. The molecule has 1 rings (SSSR count). The van der Waals surface area contributed by atoms with Crippen LogP contribution >= 0.6 is 0 Å². The third kappa shape index (κ3) is 6.20. The Labute approximate surface area is 112 Å². The highest BCUT2D eigenvalue weighted by Crippen LogP contribution is 2.13. The minimum Gasteiger partial charge on any atom is -0.312 e. The zero-order valence-electron chi connectivity index (χ0n) is 12.6. The molecule has 0 unspecified atom stereocenters. The Kier molecular flexibility index (Phi) is 6.41. The molecular formula is C15H29N3. The Morgan fingerprint density at radius 1 is 1.17 bits per heavy atom. The normalized spacial score (nSPS) is 12.0. The molecule has 0 aromatic carbocycles. The number of aryl methyl sites for hydroxylation is 1. The van der Waals surface area contributed by atoms with Crippen LogP contribution in [0.1, 0.15) is 46.1 Å². The molecule has 18 heavy (non-hydrogen) atoms. The van der Waals surface area contributed by atoms with Gasteiger partial charge >= 0.3 is 0 Å². The fourth-order valence-electron chi connectivity index (χ4n) is 2.37. The second kappa shape index (κ2) is 7.57. The van der Waals surface area contributed by atoms with Crippen molar-refractivity contribution in [2.75, 3.05) is 6.54 Å². The largest absolute Gasteiger partial charge is 0.312 e. The molecule has 0 saturated heterocycles. The summed E-state index contributed by atoms with van der Waals surface area (Å²) >= 11 is 0. The minimum atomic E-state index is 0.640. The molecule has 1 N–H and O–H groups in total. The van der Waals surface area contributed by atoms with Gasteiger partial charge in [-0.05, 0) is 37.2 Å². The molecule has 0 fully saturated rings. The van der Waals surface area contributed by atoms with Crippen molar-refractivity contribution in [2.24, 2.45) is 11.8 Å². The maximum atomic E-state index is 4.31. The van der Waals surface area contributed by atoms with Gasteiger partial charge in [0.25, 0.3) is 0 Å². The van der Waals surface area contributed by atoms with Gasteiger partial charge in [0.1, 0.15) is 0 Å². The molecule has 0 aliphatic rings. The number of nitrogens with zero attached hydrogens (tertiary/aromatic N) is 2. The van der Waals surface area contributed by atoms with E-state index in [2.05, 4.69) is 51.2 Å². The number of nitrogens with one attached hydrogen (secondary N) is 1. The van der Waals surface area contributed by atoms with Crippen molar-refractivity contribution >= 4 is 0 Å². The Hall–Kier alpha value is -0.830. The van der Waals surface area contributed by atoms with Crippen LogP contribution in [0.4, 0.5) is 0 Å². The summed E-state index contributed by atoms with van der Waals surface area (Å²) in [5.41, 5.74) is 1.23. The van der Waals surface area contributed by atoms with Crippen LogP contribution in [0.3, 0.4) is 0 Å². The molecule has 1 aromatic heterocycles. The molecule has 1 heterocycles. The van der Waals surface area contributed by atoms with Crippen molar-refractivity contribution in [1.29, 1.82) is 0 Å². The van der Waals surface area contributed by atoms with Gasteiger partial charge in [-0.3, -0.25) is 4.68 Å². The zero-order valence-corrected chi connectivity index (χ0v) is 12.6. The highest BCUT2D eigenvalue weighted by molar-refractivity contribution is 4.99. The predicted octanol–water partition coefficient (Wildman–Crippen LogP) is 3.24. The Morgan fingerprint density at radius 2 is 1.78 bits per heavy atom. The first-order valence-corrected chi connectivity index (χ1v) is 7.19. The van der Waals surface area contributed by atoms with Crippen molar-refractivity contribution in [2.45, 2.75) is 60.0 Å². The summed E-state index contributed by atoms with van der Waals surface area (Å²) in [6.07, 6.45) is 6.54. The van der Waals surface area contributed by atoms with Crippen molar-refractivity contribution in [3.8, 4) is 0 Å². The second-order valence-corrected chi connectivity index (χ2v) is 6.19. The number of rotatable bonds is 8. The first kappa shape index (κ1) is 15.2. The van der Waals surface area contributed by atoms with Gasteiger partial charge in [0.2, 0.25) is 0 Å².